The van der Waals surface area contributed by atoms with Crippen LogP contribution in [0.15, 0.2) is 18.2 Å². The predicted octanol–water partition coefficient (Wildman–Crippen LogP) is 2.36. The van der Waals surface area contributed by atoms with E-state index >= 15 is 0 Å². The molecule has 1 aromatic carbocycles. The summed E-state index contributed by atoms with van der Waals surface area (Å²) in [7, 11) is 0. The molecule has 1 aromatic rings. The van der Waals surface area contributed by atoms with Crippen molar-refractivity contribution in [2.45, 2.75) is 12.8 Å². The smallest absolute Gasteiger partial charge is 0.276 e. The van der Waals surface area contributed by atoms with E-state index in [-0.39, 0.29) is 15.7 Å². The molecule has 7 heteroatoms. The normalized spacial score (nSPS) is 20.7. The molecule has 4 amide bonds. The molecular formula is C12H8Cl2N2O3. The maximum absolute atomic E-state index is 12.4. The van der Waals surface area contributed by atoms with Crippen LogP contribution in [0.3, 0.4) is 0 Å². The summed E-state index contributed by atoms with van der Waals surface area (Å²) in [5, 5.41) is 2.54. The van der Waals surface area contributed by atoms with Crippen LogP contribution in [0.25, 0.3) is 0 Å². The first-order valence-electron chi connectivity index (χ1n) is 5.61. The Hall–Kier alpha value is -1.59. The molecule has 1 heterocycles. The maximum atomic E-state index is 12.4. The highest BCUT2D eigenvalue weighted by Gasteiger charge is 2.62. The zero-order chi connectivity index (χ0) is 13.8. The van der Waals surface area contributed by atoms with Crippen LogP contribution < -0.4 is 10.2 Å². The van der Waals surface area contributed by atoms with Gasteiger partial charge in [-0.1, -0.05) is 29.3 Å². The van der Waals surface area contributed by atoms with Gasteiger partial charge in [0.1, 0.15) is 5.41 Å². The second-order valence-electron chi connectivity index (χ2n) is 4.55. The van der Waals surface area contributed by atoms with Crippen LogP contribution in [0.5, 0.6) is 0 Å². The average molecular weight is 299 g/mol. The summed E-state index contributed by atoms with van der Waals surface area (Å²) >= 11 is 12.0. The molecule has 19 heavy (non-hydrogen) atoms. The van der Waals surface area contributed by atoms with Gasteiger partial charge in [-0.15, -0.1) is 0 Å². The van der Waals surface area contributed by atoms with Gasteiger partial charge >= 0.3 is 6.03 Å². The van der Waals surface area contributed by atoms with Crippen molar-refractivity contribution in [1.29, 1.82) is 0 Å². The monoisotopic (exact) mass is 298 g/mol. The standard InChI is InChI=1S/C12H8Cl2N2O3/c13-6-2-1-3-7(14)8(6)16-10(18)12(4-5-12)9(17)15-11(16)19/h1-3H,4-5H2,(H,15,17,19). The number of amides is 4. The predicted molar refractivity (Wildman–Crippen MR) is 69.2 cm³/mol. The van der Waals surface area contributed by atoms with Crippen molar-refractivity contribution >= 4 is 46.7 Å². The van der Waals surface area contributed by atoms with Gasteiger partial charge in [0.15, 0.2) is 0 Å². The largest absolute Gasteiger partial charge is 0.335 e. The third kappa shape index (κ3) is 1.65. The van der Waals surface area contributed by atoms with Crippen molar-refractivity contribution in [3.05, 3.63) is 28.2 Å². The average Bonchev–Trinajstić information content (AvgIpc) is 3.12. The van der Waals surface area contributed by atoms with E-state index in [0.717, 1.165) is 4.90 Å². The number of rotatable bonds is 1. The third-order valence-electron chi connectivity index (χ3n) is 3.38. The van der Waals surface area contributed by atoms with Crippen molar-refractivity contribution in [2.24, 2.45) is 5.41 Å². The Morgan fingerprint density at radius 1 is 1.11 bits per heavy atom. The van der Waals surface area contributed by atoms with E-state index in [1.807, 2.05) is 0 Å². The summed E-state index contributed by atoms with van der Waals surface area (Å²) in [4.78, 5) is 36.8. The molecule has 0 unspecified atom stereocenters. The molecule has 98 valence electrons. The van der Waals surface area contributed by atoms with Gasteiger partial charge < -0.3 is 0 Å². The quantitative estimate of drug-likeness (QED) is 0.809. The fraction of sp³-hybridized carbons (Fsp3) is 0.250. The number of para-hydroxylation sites is 1. The van der Waals surface area contributed by atoms with Gasteiger partial charge in [-0.2, -0.15) is 0 Å². The van der Waals surface area contributed by atoms with Crippen LogP contribution in [0.4, 0.5) is 10.5 Å². The first-order chi connectivity index (χ1) is 8.97. The highest BCUT2D eigenvalue weighted by molar-refractivity contribution is 6.43. The number of halogens is 2. The minimum atomic E-state index is -1.11. The van der Waals surface area contributed by atoms with Gasteiger partial charge in [0, 0.05) is 0 Å². The Labute approximate surface area is 118 Å². The molecule has 1 N–H and O–H groups in total. The van der Waals surface area contributed by atoms with Crippen LogP contribution in [0.2, 0.25) is 10.0 Å². The zero-order valence-electron chi connectivity index (χ0n) is 9.57. The lowest BCUT2D eigenvalue weighted by Gasteiger charge is -2.31. The number of carbonyl (C=O) groups excluding carboxylic acids is 3. The number of nitrogens with one attached hydrogen (secondary N) is 1. The van der Waals surface area contributed by atoms with E-state index in [2.05, 4.69) is 5.32 Å². The molecule has 2 aliphatic rings. The van der Waals surface area contributed by atoms with Gasteiger partial charge in [-0.25, -0.2) is 9.69 Å². The van der Waals surface area contributed by atoms with E-state index in [4.69, 9.17) is 23.2 Å². The molecule has 0 aromatic heterocycles. The lowest BCUT2D eigenvalue weighted by molar-refractivity contribution is -0.136. The Bertz CT molecular complexity index is 605. The van der Waals surface area contributed by atoms with Crippen molar-refractivity contribution in [3.8, 4) is 0 Å². The second-order valence-corrected chi connectivity index (χ2v) is 5.37. The van der Waals surface area contributed by atoms with E-state index in [0.29, 0.717) is 12.8 Å². The molecule has 5 nitrogen and oxygen atoms in total. The van der Waals surface area contributed by atoms with E-state index < -0.39 is 23.3 Å². The fourth-order valence-electron chi connectivity index (χ4n) is 2.15. The molecule has 2 fully saturated rings. The number of anilines is 1. The molecule has 1 saturated carbocycles. The van der Waals surface area contributed by atoms with Crippen molar-refractivity contribution < 1.29 is 14.4 Å². The summed E-state index contributed by atoms with van der Waals surface area (Å²) < 4.78 is 0. The molecular weight excluding hydrogens is 291 g/mol. The van der Waals surface area contributed by atoms with Gasteiger partial charge in [0.25, 0.3) is 5.91 Å². The number of hydrogen-bond donors (Lipinski definition) is 1. The number of benzene rings is 1. The van der Waals surface area contributed by atoms with E-state index in [1.54, 1.807) is 6.07 Å². The van der Waals surface area contributed by atoms with Gasteiger partial charge in [-0.3, -0.25) is 14.9 Å². The minimum Gasteiger partial charge on any atom is -0.276 e. The highest BCUT2D eigenvalue weighted by atomic mass is 35.5. The first-order valence-corrected chi connectivity index (χ1v) is 6.37. The summed E-state index contributed by atoms with van der Waals surface area (Å²) in [6.45, 7) is 0. The number of imide groups is 2. The van der Waals surface area contributed by atoms with E-state index in [9.17, 15) is 14.4 Å². The minimum absolute atomic E-state index is 0.118. The number of urea groups is 1. The van der Waals surface area contributed by atoms with Crippen molar-refractivity contribution in [1.82, 2.24) is 5.32 Å². The summed E-state index contributed by atoms with van der Waals surface area (Å²) in [6, 6.07) is 3.85. The van der Waals surface area contributed by atoms with Gasteiger partial charge in [0.05, 0.1) is 15.7 Å². The van der Waals surface area contributed by atoms with Crippen LogP contribution in [0.1, 0.15) is 12.8 Å². The summed E-state index contributed by atoms with van der Waals surface area (Å²) in [5.74, 6) is -1.10. The molecule has 0 radical (unpaired) electrons. The Kier molecular flexibility index (Phi) is 2.59. The van der Waals surface area contributed by atoms with Crippen LogP contribution in [0, 0.1) is 5.41 Å². The molecule has 3 rings (SSSR count). The van der Waals surface area contributed by atoms with Crippen molar-refractivity contribution in [3.63, 3.8) is 0 Å². The number of carbonyl (C=O) groups is 3. The Morgan fingerprint density at radius 2 is 1.68 bits per heavy atom. The SMILES string of the molecule is O=C1NC(=O)C2(CC2)C(=O)N1c1c(Cl)cccc1Cl. The Balaban J connectivity index is 2.12. The molecule has 1 aliphatic heterocycles. The second kappa shape index (κ2) is 3.95. The lowest BCUT2D eigenvalue weighted by atomic mass is 10.0. The van der Waals surface area contributed by atoms with Crippen LogP contribution in [-0.2, 0) is 9.59 Å². The van der Waals surface area contributed by atoms with Crippen molar-refractivity contribution in [2.75, 3.05) is 4.90 Å². The van der Waals surface area contributed by atoms with Gasteiger partial charge in [-0.05, 0) is 25.0 Å². The van der Waals surface area contributed by atoms with E-state index in [1.165, 1.54) is 12.1 Å². The van der Waals surface area contributed by atoms with Gasteiger partial charge in [0.2, 0.25) is 5.91 Å². The first kappa shape index (κ1) is 12.4. The zero-order valence-corrected chi connectivity index (χ0v) is 11.1. The highest BCUT2D eigenvalue weighted by Crippen LogP contribution is 2.50. The number of nitrogens with zero attached hydrogens (tertiary/aromatic N) is 1. The topological polar surface area (TPSA) is 66.5 Å². The molecule has 1 saturated heterocycles. The number of barbiturate groups is 1. The summed E-state index contributed by atoms with van der Waals surface area (Å²) in [5.41, 5.74) is -0.997. The van der Waals surface area contributed by atoms with Crippen LogP contribution >= 0.6 is 23.2 Å². The fourth-order valence-corrected chi connectivity index (χ4v) is 2.71. The lowest BCUT2D eigenvalue weighted by Crippen LogP contribution is -2.59. The molecule has 1 spiro atoms. The Morgan fingerprint density at radius 3 is 2.21 bits per heavy atom. The maximum Gasteiger partial charge on any atom is 0.335 e. The summed E-state index contributed by atoms with van der Waals surface area (Å²) in [6.07, 6.45) is 0.868. The molecule has 0 atom stereocenters. The molecule has 0 bridgehead atoms. The molecule has 1 aliphatic carbocycles. The van der Waals surface area contributed by atoms with Crippen LogP contribution in [-0.4, -0.2) is 17.8 Å². The number of hydrogen-bond acceptors (Lipinski definition) is 3. The third-order valence-corrected chi connectivity index (χ3v) is 3.99.